The fourth-order valence-electron chi connectivity index (χ4n) is 11.4. The van der Waals surface area contributed by atoms with E-state index < -0.39 is 0 Å². The average molecular weight is 811 g/mol. The van der Waals surface area contributed by atoms with Gasteiger partial charge in [-0.05, 0) is 201 Å². The second-order valence-corrected chi connectivity index (χ2v) is 21.6. The molecule has 0 radical (unpaired) electrons. The second kappa shape index (κ2) is 33.4. The van der Waals surface area contributed by atoms with Gasteiger partial charge in [0.25, 0.3) is 0 Å². The second-order valence-electron chi connectivity index (χ2n) is 21.6. The normalized spacial score (nSPS) is 20.9. The van der Waals surface area contributed by atoms with Gasteiger partial charge in [0.15, 0.2) is 12.6 Å². The van der Waals surface area contributed by atoms with Crippen molar-refractivity contribution in [1.29, 1.82) is 0 Å². The van der Waals surface area contributed by atoms with Crippen LogP contribution in [-0.2, 0) is 14.2 Å². The third-order valence-corrected chi connectivity index (χ3v) is 12.8. The van der Waals surface area contributed by atoms with Gasteiger partial charge in [0, 0.05) is 13.2 Å². The summed E-state index contributed by atoms with van der Waals surface area (Å²) in [6.45, 7) is 38.3. The van der Waals surface area contributed by atoms with E-state index in [9.17, 15) is 10.2 Å². The lowest BCUT2D eigenvalue weighted by Gasteiger charge is -2.27. The molecule has 0 aliphatic rings. The zero-order chi connectivity index (χ0) is 43.5. The Kier molecular flexibility index (Phi) is 33.3. The molecule has 0 aliphatic carbocycles. The molecule has 0 aromatic heterocycles. The largest absolute Gasteiger partial charge is 0.393 e. The third-order valence-electron chi connectivity index (χ3n) is 12.8. The van der Waals surface area contributed by atoms with Gasteiger partial charge in [-0.3, -0.25) is 0 Å². The summed E-state index contributed by atoms with van der Waals surface area (Å²) in [4.78, 5) is 0. The van der Waals surface area contributed by atoms with Crippen molar-refractivity contribution >= 4 is 0 Å². The van der Waals surface area contributed by atoms with Gasteiger partial charge in [-0.2, -0.15) is 0 Å². The summed E-state index contributed by atoms with van der Waals surface area (Å²) in [6.07, 6.45) is 20.6. The summed E-state index contributed by atoms with van der Waals surface area (Å²) in [5.74, 6) is 8.68. The van der Waals surface area contributed by atoms with Gasteiger partial charge in [0.1, 0.15) is 0 Å². The van der Waals surface area contributed by atoms with E-state index in [0.29, 0.717) is 36.9 Å². The van der Waals surface area contributed by atoms with Gasteiger partial charge in [-0.1, -0.05) is 95.9 Å². The maximum absolute atomic E-state index is 9.73. The molecule has 0 aliphatic heterocycles. The first kappa shape index (κ1) is 56.8. The highest BCUT2D eigenvalue weighted by Gasteiger charge is 2.22. The van der Waals surface area contributed by atoms with Crippen LogP contribution in [-0.4, -0.2) is 48.2 Å². The predicted molar refractivity (Wildman–Crippen MR) is 248 cm³/mol. The highest BCUT2D eigenvalue weighted by molar-refractivity contribution is 4.72. The Morgan fingerprint density at radius 2 is 0.509 bits per heavy atom. The summed E-state index contributed by atoms with van der Waals surface area (Å²) in [5.41, 5.74) is 0. The van der Waals surface area contributed by atoms with Crippen LogP contribution >= 0.6 is 0 Å². The van der Waals surface area contributed by atoms with Crippen molar-refractivity contribution in [3.63, 3.8) is 0 Å². The zero-order valence-corrected chi connectivity index (χ0v) is 41.5. The molecule has 344 valence electrons. The van der Waals surface area contributed by atoms with Gasteiger partial charge in [0.05, 0.1) is 12.2 Å². The van der Waals surface area contributed by atoms with E-state index in [2.05, 4.69) is 96.9 Å². The maximum Gasteiger partial charge on any atom is 0.160 e. The summed E-state index contributed by atoms with van der Waals surface area (Å²) in [5, 5.41) is 19.5. The van der Waals surface area contributed by atoms with Crippen LogP contribution in [0.25, 0.3) is 0 Å². The quantitative estimate of drug-likeness (QED) is 0.0608. The smallest absolute Gasteiger partial charge is 0.160 e. The highest BCUT2D eigenvalue weighted by Crippen LogP contribution is 2.32. The van der Waals surface area contributed by atoms with Crippen molar-refractivity contribution in [3.05, 3.63) is 0 Å². The van der Waals surface area contributed by atoms with Gasteiger partial charge in [-0.15, -0.1) is 0 Å². The topological polar surface area (TPSA) is 68.2 Å². The minimum Gasteiger partial charge on any atom is -0.393 e. The van der Waals surface area contributed by atoms with Crippen LogP contribution in [0.3, 0.4) is 0 Å². The minimum absolute atomic E-state index is 0.184. The molecular formula is C52H106O5. The monoisotopic (exact) mass is 811 g/mol. The van der Waals surface area contributed by atoms with Crippen molar-refractivity contribution in [1.82, 2.24) is 0 Å². The molecule has 0 rings (SSSR count). The van der Waals surface area contributed by atoms with Gasteiger partial charge in [0.2, 0.25) is 0 Å². The zero-order valence-electron chi connectivity index (χ0n) is 41.5. The molecule has 0 saturated heterocycles. The fraction of sp³-hybridized carbons (Fsp3) is 1.00. The number of ether oxygens (including phenoxy) is 3. The Balaban J connectivity index is 4.56. The van der Waals surface area contributed by atoms with Crippen LogP contribution in [0, 0.1) is 71.0 Å². The molecule has 0 heterocycles. The molecule has 5 nitrogen and oxygen atoms in total. The van der Waals surface area contributed by atoms with Crippen molar-refractivity contribution in [3.8, 4) is 0 Å². The fourth-order valence-corrected chi connectivity index (χ4v) is 11.4. The minimum atomic E-state index is -0.188. The summed E-state index contributed by atoms with van der Waals surface area (Å²) >= 11 is 0. The van der Waals surface area contributed by atoms with Crippen LogP contribution in [0.2, 0.25) is 0 Å². The number of aliphatic hydroxyl groups is 2. The first-order valence-electron chi connectivity index (χ1n) is 25.0. The number of hydrogen-bond acceptors (Lipinski definition) is 5. The molecule has 0 saturated carbocycles. The lowest BCUT2D eigenvalue weighted by atomic mass is 9.81. The summed E-state index contributed by atoms with van der Waals surface area (Å²) in [6, 6.07) is 0. The third kappa shape index (κ3) is 33.2. The summed E-state index contributed by atoms with van der Waals surface area (Å²) in [7, 11) is 0. The molecule has 57 heavy (non-hydrogen) atoms. The first-order chi connectivity index (χ1) is 26.7. The Labute approximate surface area is 358 Å². The average Bonchev–Trinajstić information content (AvgIpc) is 3.03. The van der Waals surface area contributed by atoms with Crippen molar-refractivity contribution in [2.24, 2.45) is 71.0 Å². The van der Waals surface area contributed by atoms with Gasteiger partial charge >= 0.3 is 0 Å². The molecule has 0 fully saturated rings. The molecule has 2 N–H and O–H groups in total. The highest BCUT2D eigenvalue weighted by atomic mass is 16.8. The van der Waals surface area contributed by atoms with Crippen molar-refractivity contribution < 1.29 is 24.4 Å². The molecule has 5 heteroatoms. The Bertz CT molecular complexity index is 824. The predicted octanol–water partition coefficient (Wildman–Crippen LogP) is 15.1. The Morgan fingerprint density at radius 1 is 0.298 bits per heavy atom. The molecule has 16 atom stereocenters. The number of hydrogen-bond donors (Lipinski definition) is 2. The standard InChI is InChI=1S/C52H106O5/c1-17-55-51(23-19-21-37(3)25-39(5)27-41(7)29-43(9)31-45(11)33-47(13)35-49(15)53)57-52(56-18-2)24-20-22-38(4)26-40(6)28-42(8)30-44(10)32-46(12)34-48(14)36-50(16)54/h37-54H,17-36H2,1-16H3. The molecule has 0 aromatic carbocycles. The number of aliphatic hydroxyl groups excluding tert-OH is 2. The van der Waals surface area contributed by atoms with Crippen molar-refractivity contribution in [2.45, 2.75) is 251 Å². The van der Waals surface area contributed by atoms with Crippen LogP contribution in [0.1, 0.15) is 226 Å². The van der Waals surface area contributed by atoms with Crippen LogP contribution < -0.4 is 0 Å². The SMILES string of the molecule is CCOC(CCCC(C)CC(C)CC(C)CC(C)CC(C)CC(C)CC(C)O)OC(CCCC(C)CC(C)CC(C)CC(C)CC(C)CC(C)CC(C)O)OCC. The first-order valence-corrected chi connectivity index (χ1v) is 25.0. The van der Waals surface area contributed by atoms with E-state index in [-0.39, 0.29) is 24.8 Å². The lowest BCUT2D eigenvalue weighted by molar-refractivity contribution is -0.247. The Hall–Kier alpha value is -0.200. The molecule has 0 spiro atoms. The van der Waals surface area contributed by atoms with E-state index in [1.54, 1.807) is 0 Å². The van der Waals surface area contributed by atoms with Crippen LogP contribution in [0.15, 0.2) is 0 Å². The molecular weight excluding hydrogens is 705 g/mol. The van der Waals surface area contributed by atoms with E-state index >= 15 is 0 Å². The van der Waals surface area contributed by atoms with E-state index in [1.165, 1.54) is 77.0 Å². The van der Waals surface area contributed by atoms with Crippen LogP contribution in [0.4, 0.5) is 0 Å². The molecule has 0 aromatic rings. The maximum atomic E-state index is 9.73. The van der Waals surface area contributed by atoms with Gasteiger partial charge < -0.3 is 24.4 Å². The molecule has 16 unspecified atom stereocenters. The van der Waals surface area contributed by atoms with Gasteiger partial charge in [-0.25, -0.2) is 0 Å². The Morgan fingerprint density at radius 3 is 0.719 bits per heavy atom. The van der Waals surface area contributed by atoms with E-state index in [1.807, 2.05) is 13.8 Å². The van der Waals surface area contributed by atoms with E-state index in [4.69, 9.17) is 14.2 Å². The molecule has 0 bridgehead atoms. The summed E-state index contributed by atoms with van der Waals surface area (Å²) < 4.78 is 18.7. The molecule has 0 amide bonds. The number of rotatable bonds is 38. The lowest BCUT2D eigenvalue weighted by Crippen LogP contribution is -2.27. The van der Waals surface area contributed by atoms with Crippen molar-refractivity contribution in [2.75, 3.05) is 13.2 Å². The van der Waals surface area contributed by atoms with E-state index in [0.717, 1.165) is 85.9 Å². The van der Waals surface area contributed by atoms with Crippen LogP contribution in [0.5, 0.6) is 0 Å².